The Morgan fingerprint density at radius 1 is 1.28 bits per heavy atom. The van der Waals surface area contributed by atoms with Gasteiger partial charge in [0.15, 0.2) is 0 Å². The van der Waals surface area contributed by atoms with Crippen molar-refractivity contribution < 1.29 is 22.7 Å². The molecule has 0 aliphatic carbocycles. The van der Waals surface area contributed by atoms with Crippen LogP contribution in [0.4, 0.5) is 13.2 Å². The molecule has 0 radical (unpaired) electrons. The number of carbonyl (C=O) groups excluding carboxylic acids is 1. The van der Waals surface area contributed by atoms with E-state index in [9.17, 15) is 18.0 Å². The smallest absolute Gasteiger partial charge is 0.406 e. The highest BCUT2D eigenvalue weighted by Gasteiger charge is 2.30. The van der Waals surface area contributed by atoms with Crippen LogP contribution in [0.25, 0.3) is 0 Å². The van der Waals surface area contributed by atoms with Gasteiger partial charge in [-0.15, -0.1) is 13.2 Å². The fourth-order valence-corrected chi connectivity index (χ4v) is 1.95. The predicted octanol–water partition coefficient (Wildman–Crippen LogP) is 5.33. The number of ether oxygens (including phenoxy) is 1. The van der Waals surface area contributed by atoms with Gasteiger partial charge in [0.2, 0.25) is 5.91 Å². The summed E-state index contributed by atoms with van der Waals surface area (Å²) in [5.74, 6) is -0.397. The predicted molar refractivity (Wildman–Crippen MR) is 112 cm³/mol. The topological polar surface area (TPSA) is 50.7 Å². The molecule has 0 saturated heterocycles. The van der Waals surface area contributed by atoms with Crippen LogP contribution in [0, 0.1) is 6.92 Å². The maximum absolute atomic E-state index is 11.6. The highest BCUT2D eigenvalue weighted by atomic mass is 19.4. The molecular weight excluding hydrogens is 381 g/mol. The molecule has 0 fully saturated rings. The summed E-state index contributed by atoms with van der Waals surface area (Å²) in [5.41, 5.74) is 3.54. The second-order valence-electron chi connectivity index (χ2n) is 5.84. The lowest BCUT2D eigenvalue weighted by molar-refractivity contribution is -0.274. The van der Waals surface area contributed by atoms with Gasteiger partial charge in [0, 0.05) is 7.05 Å². The average molecular weight is 408 g/mol. The third-order valence-corrected chi connectivity index (χ3v) is 3.37. The van der Waals surface area contributed by atoms with E-state index >= 15 is 0 Å². The first kappa shape index (κ1) is 25.9. The fraction of sp³-hybridized carbons (Fsp3) is 0.273. The minimum Gasteiger partial charge on any atom is -0.406 e. The third-order valence-electron chi connectivity index (χ3n) is 3.37. The summed E-state index contributed by atoms with van der Waals surface area (Å²) in [7, 11) is 1.70. The van der Waals surface area contributed by atoms with Crippen molar-refractivity contribution in [3.8, 4) is 5.75 Å². The fourth-order valence-electron chi connectivity index (χ4n) is 1.95. The molecule has 1 aromatic carbocycles. The minimum atomic E-state index is -4.60. The second-order valence-corrected chi connectivity index (χ2v) is 5.84. The normalized spacial score (nSPS) is 12.1. The Morgan fingerprint density at radius 2 is 1.86 bits per heavy atom. The number of hydrogen-bond acceptors (Lipinski definition) is 3. The molecule has 0 aliphatic heterocycles. The van der Waals surface area contributed by atoms with Crippen molar-refractivity contribution in [2.24, 2.45) is 4.99 Å². The zero-order valence-corrected chi connectivity index (χ0v) is 17.1. The van der Waals surface area contributed by atoms with Crippen LogP contribution in [0.3, 0.4) is 0 Å². The molecule has 0 atom stereocenters. The van der Waals surface area contributed by atoms with Crippen LogP contribution >= 0.6 is 0 Å². The summed E-state index contributed by atoms with van der Waals surface area (Å²) < 4.78 is 38.5. The summed E-state index contributed by atoms with van der Waals surface area (Å²) in [6, 6.07) is 5.67. The monoisotopic (exact) mass is 408 g/mol. The number of halogens is 3. The number of benzene rings is 1. The molecule has 0 saturated carbocycles. The number of rotatable bonds is 7. The van der Waals surface area contributed by atoms with E-state index in [4.69, 9.17) is 0 Å². The number of amides is 1. The van der Waals surface area contributed by atoms with Crippen molar-refractivity contribution in [1.29, 1.82) is 0 Å². The SMILES string of the molecule is C=CC(=O)NCC(=NC)/C(=C/C=C\C)C(=C)C.Cc1ccc(OC(F)(F)F)cc1. The summed E-state index contributed by atoms with van der Waals surface area (Å²) in [4.78, 5) is 15.3. The Morgan fingerprint density at radius 3 is 2.28 bits per heavy atom. The van der Waals surface area contributed by atoms with Gasteiger partial charge < -0.3 is 10.1 Å². The van der Waals surface area contributed by atoms with Crippen LogP contribution in [-0.4, -0.2) is 31.6 Å². The second kappa shape index (κ2) is 13.1. The van der Waals surface area contributed by atoms with Gasteiger partial charge in [-0.1, -0.05) is 49.1 Å². The molecule has 4 nitrogen and oxygen atoms in total. The first-order valence-corrected chi connectivity index (χ1v) is 8.71. The summed E-state index contributed by atoms with van der Waals surface area (Å²) in [6.07, 6.45) is 2.42. The summed E-state index contributed by atoms with van der Waals surface area (Å²) >= 11 is 0. The van der Waals surface area contributed by atoms with Crippen LogP contribution in [0.2, 0.25) is 0 Å². The molecule has 0 spiro atoms. The summed E-state index contributed by atoms with van der Waals surface area (Å²) in [6.45, 7) is 13.3. The molecule has 1 aromatic rings. The van der Waals surface area contributed by atoms with Crippen LogP contribution < -0.4 is 10.1 Å². The lowest BCUT2D eigenvalue weighted by Gasteiger charge is -2.10. The maximum atomic E-state index is 11.6. The van der Waals surface area contributed by atoms with Crippen LogP contribution in [0.5, 0.6) is 5.75 Å². The Balaban J connectivity index is 0.000000571. The van der Waals surface area contributed by atoms with Crippen LogP contribution in [0.15, 0.2) is 77.9 Å². The van der Waals surface area contributed by atoms with Gasteiger partial charge in [-0.2, -0.15) is 0 Å². The van der Waals surface area contributed by atoms with Gasteiger partial charge in [0.05, 0.1) is 12.3 Å². The standard InChI is InChI=1S/C14H20N2O.C8H7F3O/c1-6-8-9-12(11(3)4)13(15-5)10-16-14(17)7-2;1-6-2-4-7(5-3-6)12-8(9,10)11/h6-9H,2-3,10H2,1,4-5H3,(H,16,17);2-5H,1H3/b8-6-,12-9+,15-13?;. The van der Waals surface area contributed by atoms with Crippen LogP contribution in [0.1, 0.15) is 19.4 Å². The first-order valence-electron chi connectivity index (χ1n) is 8.71. The van der Waals surface area contributed by atoms with Gasteiger partial charge in [-0.05, 0) is 50.1 Å². The Kier molecular flexibility index (Phi) is 11.7. The van der Waals surface area contributed by atoms with Crippen molar-refractivity contribution >= 4 is 11.6 Å². The zero-order chi connectivity index (χ0) is 22.4. The Hall–Kier alpha value is -3.09. The first-order chi connectivity index (χ1) is 13.5. The number of aryl methyl sites for hydroxylation is 1. The van der Waals surface area contributed by atoms with Crippen molar-refractivity contribution in [3.05, 3.63) is 78.4 Å². The van der Waals surface area contributed by atoms with E-state index in [0.29, 0.717) is 6.54 Å². The van der Waals surface area contributed by atoms with Crippen molar-refractivity contribution in [3.63, 3.8) is 0 Å². The van der Waals surface area contributed by atoms with Gasteiger partial charge >= 0.3 is 6.36 Å². The third kappa shape index (κ3) is 12.1. The van der Waals surface area contributed by atoms with Gasteiger partial charge in [-0.25, -0.2) is 0 Å². The zero-order valence-electron chi connectivity index (χ0n) is 17.1. The molecule has 1 rings (SSSR count). The molecule has 7 heteroatoms. The molecule has 0 aliphatic rings. The Labute approximate surface area is 170 Å². The molecule has 1 N–H and O–H groups in total. The lowest BCUT2D eigenvalue weighted by atomic mass is 10.0. The van der Waals surface area contributed by atoms with E-state index in [1.807, 2.05) is 32.1 Å². The van der Waals surface area contributed by atoms with E-state index in [1.165, 1.54) is 18.2 Å². The molecule has 0 bridgehead atoms. The van der Waals surface area contributed by atoms with E-state index < -0.39 is 6.36 Å². The molecule has 29 heavy (non-hydrogen) atoms. The number of hydrogen-bond donors (Lipinski definition) is 1. The highest BCUT2D eigenvalue weighted by molar-refractivity contribution is 6.06. The molecule has 158 valence electrons. The average Bonchev–Trinajstić information content (AvgIpc) is 2.65. The number of aliphatic imine (C=N–C) groups is 1. The lowest BCUT2D eigenvalue weighted by Crippen LogP contribution is -2.29. The molecule has 0 unspecified atom stereocenters. The minimum absolute atomic E-state index is 0.187. The molecule has 0 heterocycles. The quantitative estimate of drug-likeness (QED) is 0.377. The number of nitrogens with one attached hydrogen (secondary N) is 1. The van der Waals surface area contributed by atoms with Crippen molar-refractivity contribution in [2.45, 2.75) is 27.1 Å². The molecule has 0 aromatic heterocycles. The summed E-state index contributed by atoms with van der Waals surface area (Å²) in [5, 5.41) is 2.70. The molecular formula is C22H27F3N2O2. The number of carbonyl (C=O) groups is 1. The van der Waals surface area contributed by atoms with Gasteiger partial charge in [-0.3, -0.25) is 9.79 Å². The van der Waals surface area contributed by atoms with E-state index in [0.717, 1.165) is 22.4 Å². The van der Waals surface area contributed by atoms with E-state index in [2.05, 4.69) is 28.2 Å². The largest absolute Gasteiger partial charge is 0.573 e. The van der Waals surface area contributed by atoms with E-state index in [-0.39, 0.29) is 11.7 Å². The van der Waals surface area contributed by atoms with E-state index in [1.54, 1.807) is 26.1 Å². The number of alkyl halides is 3. The van der Waals surface area contributed by atoms with Crippen molar-refractivity contribution in [1.82, 2.24) is 5.32 Å². The number of allylic oxidation sites excluding steroid dienone is 4. The van der Waals surface area contributed by atoms with Crippen molar-refractivity contribution in [2.75, 3.05) is 13.6 Å². The Bertz CT molecular complexity index is 774. The van der Waals surface area contributed by atoms with Gasteiger partial charge in [0.1, 0.15) is 5.75 Å². The highest BCUT2D eigenvalue weighted by Crippen LogP contribution is 2.22. The van der Waals surface area contributed by atoms with Gasteiger partial charge in [0.25, 0.3) is 0 Å². The number of nitrogens with zero attached hydrogens (tertiary/aromatic N) is 1. The maximum Gasteiger partial charge on any atom is 0.573 e. The molecule has 1 amide bonds. The van der Waals surface area contributed by atoms with Crippen LogP contribution in [-0.2, 0) is 4.79 Å².